The fraction of sp³-hybridized carbons (Fsp3) is 0.840. The molecule has 0 amide bonds. The van der Waals surface area contributed by atoms with Crippen LogP contribution in [0.3, 0.4) is 0 Å². The maximum absolute atomic E-state index is 13.0. The molecule has 2 spiro atoms. The number of carbonyl (C=O) groups is 2. The molecule has 6 saturated carbocycles. The Morgan fingerprint density at radius 1 is 1.40 bits per heavy atom. The number of esters is 1. The van der Waals surface area contributed by atoms with Crippen molar-refractivity contribution in [3.05, 3.63) is 12.2 Å². The molecule has 9 bridgehead atoms. The van der Waals surface area contributed by atoms with Crippen LogP contribution in [-0.4, -0.2) is 52.6 Å². The summed E-state index contributed by atoms with van der Waals surface area (Å²) in [6, 6.07) is 0.812. The molecular formula is C25H33NO4. The third-order valence-electron chi connectivity index (χ3n) is 11.4. The molecule has 2 unspecified atom stereocenters. The third kappa shape index (κ3) is 1.54. The number of piperidine rings is 2. The predicted molar refractivity (Wildman–Crippen MR) is 109 cm³/mol. The van der Waals surface area contributed by atoms with Gasteiger partial charge in [-0.2, -0.15) is 0 Å². The van der Waals surface area contributed by atoms with Gasteiger partial charge >= 0.3 is 5.97 Å². The second-order valence-corrected chi connectivity index (χ2v) is 12.1. The van der Waals surface area contributed by atoms with Gasteiger partial charge in [-0.1, -0.05) is 32.9 Å². The van der Waals surface area contributed by atoms with E-state index in [0.717, 1.165) is 37.8 Å². The first-order valence-electron chi connectivity index (χ1n) is 12.1. The summed E-state index contributed by atoms with van der Waals surface area (Å²) in [6.45, 7) is 11.4. The number of ether oxygens (including phenoxy) is 1. The topological polar surface area (TPSA) is 66.8 Å². The Morgan fingerprint density at radius 2 is 2.17 bits per heavy atom. The van der Waals surface area contributed by atoms with Crippen LogP contribution in [-0.2, 0) is 14.3 Å². The summed E-state index contributed by atoms with van der Waals surface area (Å²) in [7, 11) is 0. The van der Waals surface area contributed by atoms with E-state index in [1.54, 1.807) is 0 Å². The van der Waals surface area contributed by atoms with Gasteiger partial charge in [-0.05, 0) is 48.3 Å². The molecular weight excluding hydrogens is 378 g/mol. The van der Waals surface area contributed by atoms with Gasteiger partial charge in [0.2, 0.25) is 0 Å². The van der Waals surface area contributed by atoms with Crippen LogP contribution in [0.1, 0.15) is 52.9 Å². The quantitative estimate of drug-likeness (QED) is 0.571. The Bertz CT molecular complexity index is 915. The fourth-order valence-electron chi connectivity index (χ4n) is 10.8. The SMILES string of the molecule is C=C1C[C@]23C[C@@H]4[C@H]5[C@]67CCC(=O)[C@@]5(C)CN4[C@@H]6[C@@H]2[C@H](OC(=O)C(C)CC)[C@H]1[C@@H](O)[C@H]37. The highest BCUT2D eigenvalue weighted by Crippen LogP contribution is 2.86. The van der Waals surface area contributed by atoms with Gasteiger partial charge in [0.25, 0.3) is 0 Å². The highest BCUT2D eigenvalue weighted by molar-refractivity contribution is 5.87. The van der Waals surface area contributed by atoms with E-state index >= 15 is 0 Å². The van der Waals surface area contributed by atoms with Gasteiger partial charge in [0.05, 0.1) is 12.0 Å². The molecule has 9 aliphatic rings. The second-order valence-electron chi connectivity index (χ2n) is 12.1. The van der Waals surface area contributed by atoms with Crippen molar-refractivity contribution in [3.63, 3.8) is 0 Å². The van der Waals surface area contributed by atoms with E-state index in [4.69, 9.17) is 4.74 Å². The molecule has 13 atom stereocenters. The molecule has 0 aromatic rings. The molecule has 9 fully saturated rings. The van der Waals surface area contributed by atoms with Gasteiger partial charge in [-0.3, -0.25) is 14.5 Å². The molecule has 3 saturated heterocycles. The molecule has 5 heteroatoms. The lowest BCUT2D eigenvalue weighted by atomic mass is 9.39. The molecule has 9 rings (SSSR count). The summed E-state index contributed by atoms with van der Waals surface area (Å²) in [5, 5.41) is 11.8. The first-order chi connectivity index (χ1) is 14.2. The van der Waals surface area contributed by atoms with Crippen LogP contribution in [0.15, 0.2) is 12.2 Å². The van der Waals surface area contributed by atoms with Crippen LogP contribution < -0.4 is 0 Å². The Kier molecular flexibility index (Phi) is 3.10. The van der Waals surface area contributed by atoms with Crippen molar-refractivity contribution in [2.45, 2.75) is 77.2 Å². The van der Waals surface area contributed by atoms with Crippen LogP contribution in [0.25, 0.3) is 0 Å². The van der Waals surface area contributed by atoms with Crippen LogP contribution >= 0.6 is 0 Å². The number of ketones is 1. The normalized spacial score (nSPS) is 61.7. The lowest BCUT2D eigenvalue weighted by Crippen LogP contribution is -2.68. The molecule has 3 heterocycles. The number of aliphatic hydroxyl groups excluding tert-OH is 1. The maximum Gasteiger partial charge on any atom is 0.308 e. The lowest BCUT2D eigenvalue weighted by molar-refractivity contribution is -0.220. The average Bonchev–Trinajstić information content (AvgIpc) is 3.15. The summed E-state index contributed by atoms with van der Waals surface area (Å²) in [5.41, 5.74) is 0.855. The number of aliphatic hydroxyl groups is 1. The molecule has 0 aromatic heterocycles. The zero-order chi connectivity index (χ0) is 21.0. The Hall–Kier alpha value is -1.20. The van der Waals surface area contributed by atoms with Gasteiger partial charge in [-0.25, -0.2) is 0 Å². The van der Waals surface area contributed by atoms with Crippen LogP contribution in [0, 0.1) is 45.8 Å². The molecule has 0 radical (unpaired) electrons. The van der Waals surface area contributed by atoms with E-state index in [9.17, 15) is 14.7 Å². The Balaban J connectivity index is 1.40. The first kappa shape index (κ1) is 18.4. The molecule has 162 valence electrons. The summed E-state index contributed by atoms with van der Waals surface area (Å²) in [5.74, 6) is 0.930. The van der Waals surface area contributed by atoms with E-state index in [1.165, 1.54) is 0 Å². The number of Topliss-reactive ketones (excluding diaryl/α,β-unsaturated/α-hetero) is 1. The molecule has 1 N–H and O–H groups in total. The van der Waals surface area contributed by atoms with Gasteiger partial charge in [0.1, 0.15) is 11.9 Å². The van der Waals surface area contributed by atoms with Crippen molar-refractivity contribution in [1.29, 1.82) is 0 Å². The fourth-order valence-corrected chi connectivity index (χ4v) is 10.8. The van der Waals surface area contributed by atoms with Crippen LogP contribution in [0.4, 0.5) is 0 Å². The van der Waals surface area contributed by atoms with Crippen LogP contribution in [0.2, 0.25) is 0 Å². The van der Waals surface area contributed by atoms with E-state index in [1.807, 2.05) is 13.8 Å². The standard InChI is InChI=1S/C25H33NO4/c1-5-11(2)22(29)30-18-15-12(3)8-24-9-13-19-23(4)10-26(13)21(16(18)24)25(19,7-6-14(23)27)20(24)17(15)28/h11,13,15-21,28H,3,5-10H2,1-2,4H3/t11?,13-,15-,16+,17-,18-,19-,20-,21-,23-,24+,25+/m1/s1. The summed E-state index contributed by atoms with van der Waals surface area (Å²) in [4.78, 5) is 28.6. The van der Waals surface area contributed by atoms with Gasteiger partial charge in [0, 0.05) is 42.3 Å². The molecule has 6 aliphatic carbocycles. The zero-order valence-electron chi connectivity index (χ0n) is 18.3. The van der Waals surface area contributed by atoms with Crippen LogP contribution in [0.5, 0.6) is 0 Å². The monoisotopic (exact) mass is 411 g/mol. The summed E-state index contributed by atoms with van der Waals surface area (Å²) < 4.78 is 6.28. The van der Waals surface area contributed by atoms with E-state index in [2.05, 4.69) is 18.4 Å². The number of fused-ring (bicyclic) bond motifs is 1. The first-order valence-corrected chi connectivity index (χ1v) is 12.1. The number of rotatable bonds is 3. The highest BCUT2D eigenvalue weighted by Gasteiger charge is 2.90. The average molecular weight is 412 g/mol. The van der Waals surface area contributed by atoms with Gasteiger partial charge in [-0.15, -0.1) is 0 Å². The van der Waals surface area contributed by atoms with Crippen molar-refractivity contribution in [2.75, 3.05) is 6.54 Å². The minimum atomic E-state index is -0.499. The highest BCUT2D eigenvalue weighted by atomic mass is 16.5. The zero-order valence-corrected chi connectivity index (χ0v) is 18.3. The van der Waals surface area contributed by atoms with E-state index in [0.29, 0.717) is 30.2 Å². The van der Waals surface area contributed by atoms with Crippen molar-refractivity contribution in [1.82, 2.24) is 4.90 Å². The van der Waals surface area contributed by atoms with Crippen molar-refractivity contribution < 1.29 is 19.4 Å². The number of carbonyl (C=O) groups excluding carboxylic acids is 2. The van der Waals surface area contributed by atoms with Gasteiger partial charge < -0.3 is 9.84 Å². The van der Waals surface area contributed by atoms with Crippen molar-refractivity contribution in [3.8, 4) is 0 Å². The molecule has 3 aliphatic heterocycles. The minimum absolute atomic E-state index is 0.000377. The second kappa shape index (κ2) is 5.06. The lowest BCUT2D eigenvalue weighted by Gasteiger charge is -2.65. The third-order valence-corrected chi connectivity index (χ3v) is 11.4. The molecule has 30 heavy (non-hydrogen) atoms. The molecule has 0 aromatic carbocycles. The van der Waals surface area contributed by atoms with E-state index < -0.39 is 6.10 Å². The smallest absolute Gasteiger partial charge is 0.308 e. The largest absolute Gasteiger partial charge is 0.461 e. The summed E-state index contributed by atoms with van der Waals surface area (Å²) >= 11 is 0. The van der Waals surface area contributed by atoms with E-state index in [-0.39, 0.29) is 52.0 Å². The number of hydrogen-bond donors (Lipinski definition) is 1. The summed E-state index contributed by atoms with van der Waals surface area (Å²) in [6.07, 6.45) is 3.58. The maximum atomic E-state index is 13.0. The van der Waals surface area contributed by atoms with Crippen molar-refractivity contribution in [2.24, 2.45) is 45.8 Å². The predicted octanol–water partition coefficient (Wildman–Crippen LogP) is 2.57. The Morgan fingerprint density at radius 3 is 2.90 bits per heavy atom. The minimum Gasteiger partial charge on any atom is -0.461 e. The van der Waals surface area contributed by atoms with Crippen molar-refractivity contribution >= 4 is 11.8 Å². The Labute approximate surface area is 178 Å². The molecule has 5 nitrogen and oxygen atoms in total. The van der Waals surface area contributed by atoms with Gasteiger partial charge in [0.15, 0.2) is 0 Å². The number of hydrogen-bond acceptors (Lipinski definition) is 5. The number of nitrogens with zero attached hydrogens (tertiary/aromatic N) is 1.